The molecule has 2 aromatic rings. The molecule has 0 aromatic heterocycles. The summed E-state index contributed by atoms with van der Waals surface area (Å²) in [4.78, 5) is 12.0. The molecule has 0 saturated heterocycles. The van der Waals surface area contributed by atoms with Gasteiger partial charge < -0.3 is 15.3 Å². The Morgan fingerprint density at radius 3 is 2.25 bits per heavy atom. The molecule has 0 fully saturated rings. The maximum absolute atomic E-state index is 11.9. The number of hydrazone groups is 1. The number of amides is 1. The summed E-state index contributed by atoms with van der Waals surface area (Å²) in [6.45, 7) is 0. The van der Waals surface area contributed by atoms with Gasteiger partial charge >= 0.3 is 0 Å². The number of carbonyl (C=O) groups is 1. The maximum atomic E-state index is 11.9. The van der Waals surface area contributed by atoms with E-state index in [0.717, 1.165) is 18.5 Å². The molecule has 0 spiro atoms. The lowest BCUT2D eigenvalue weighted by atomic mass is 10.2. The lowest BCUT2D eigenvalue weighted by molar-refractivity contribution is 0.0955. The fraction of sp³-hybridized carbons (Fsp3) is 0.0667. The van der Waals surface area contributed by atoms with E-state index in [2.05, 4.69) is 10.5 Å². The minimum Gasteiger partial charge on any atom is -0.504 e. The molecule has 0 saturated carbocycles. The van der Waals surface area contributed by atoms with Crippen molar-refractivity contribution in [3.8, 4) is 17.2 Å². The van der Waals surface area contributed by atoms with Crippen LogP contribution in [-0.2, 0) is 9.84 Å². The van der Waals surface area contributed by atoms with E-state index in [1.165, 1.54) is 30.3 Å². The van der Waals surface area contributed by atoms with Crippen LogP contribution in [0.4, 0.5) is 0 Å². The summed E-state index contributed by atoms with van der Waals surface area (Å²) in [6.07, 6.45) is 2.14. The van der Waals surface area contributed by atoms with Gasteiger partial charge in [0.15, 0.2) is 21.3 Å². The highest BCUT2D eigenvalue weighted by atomic mass is 32.2. The van der Waals surface area contributed by atoms with Crippen molar-refractivity contribution < 1.29 is 28.5 Å². The van der Waals surface area contributed by atoms with Crippen LogP contribution < -0.4 is 5.43 Å². The fourth-order valence-corrected chi connectivity index (χ4v) is 2.40. The number of nitrogens with zero attached hydrogens (tertiary/aromatic N) is 1. The van der Waals surface area contributed by atoms with Crippen LogP contribution >= 0.6 is 0 Å². The number of hydrogen-bond donors (Lipinski definition) is 4. The number of benzene rings is 2. The molecule has 1 amide bonds. The molecule has 0 radical (unpaired) electrons. The van der Waals surface area contributed by atoms with E-state index in [0.29, 0.717) is 0 Å². The number of phenols is 3. The molecule has 0 aliphatic rings. The quantitative estimate of drug-likeness (QED) is 0.368. The monoisotopic (exact) mass is 350 g/mol. The Kier molecular flexibility index (Phi) is 4.74. The van der Waals surface area contributed by atoms with Crippen molar-refractivity contribution in [3.63, 3.8) is 0 Å². The number of sulfone groups is 1. The first-order chi connectivity index (χ1) is 11.2. The zero-order valence-electron chi connectivity index (χ0n) is 12.5. The highest BCUT2D eigenvalue weighted by molar-refractivity contribution is 7.90. The van der Waals surface area contributed by atoms with E-state index in [4.69, 9.17) is 0 Å². The van der Waals surface area contributed by atoms with Gasteiger partial charge in [-0.25, -0.2) is 13.8 Å². The van der Waals surface area contributed by atoms with Gasteiger partial charge in [0, 0.05) is 17.4 Å². The summed E-state index contributed by atoms with van der Waals surface area (Å²) in [5, 5.41) is 31.8. The molecule has 2 rings (SSSR count). The molecular weight excluding hydrogens is 336 g/mol. The smallest absolute Gasteiger partial charge is 0.271 e. The van der Waals surface area contributed by atoms with Crippen molar-refractivity contribution >= 4 is 22.0 Å². The van der Waals surface area contributed by atoms with Crippen LogP contribution in [0.3, 0.4) is 0 Å². The van der Waals surface area contributed by atoms with Gasteiger partial charge in [-0.3, -0.25) is 4.79 Å². The Hall–Kier alpha value is -3.07. The topological polar surface area (TPSA) is 136 Å². The van der Waals surface area contributed by atoms with Crippen molar-refractivity contribution in [1.82, 2.24) is 5.43 Å². The zero-order chi connectivity index (χ0) is 17.9. The fourth-order valence-electron chi connectivity index (χ4n) is 1.77. The SMILES string of the molecule is CS(=O)(=O)c1ccc(C(=O)N/N=C/c2ccc(O)c(O)c2O)cc1. The van der Waals surface area contributed by atoms with Crippen LogP contribution in [0.1, 0.15) is 15.9 Å². The second kappa shape index (κ2) is 6.59. The molecule has 0 unspecified atom stereocenters. The molecule has 0 heterocycles. The van der Waals surface area contributed by atoms with Crippen LogP contribution in [0.5, 0.6) is 17.2 Å². The van der Waals surface area contributed by atoms with Gasteiger partial charge in [0.25, 0.3) is 5.91 Å². The number of aromatic hydroxyl groups is 3. The molecule has 2 aromatic carbocycles. The van der Waals surface area contributed by atoms with Gasteiger partial charge in [0.1, 0.15) is 0 Å². The molecule has 0 bridgehead atoms. The van der Waals surface area contributed by atoms with Crippen LogP contribution in [0, 0.1) is 0 Å². The summed E-state index contributed by atoms with van der Waals surface area (Å²) in [6, 6.07) is 7.73. The first kappa shape index (κ1) is 17.3. The first-order valence-corrected chi connectivity index (χ1v) is 8.46. The largest absolute Gasteiger partial charge is 0.504 e. The molecule has 0 atom stereocenters. The Balaban J connectivity index is 2.09. The maximum Gasteiger partial charge on any atom is 0.271 e. The van der Waals surface area contributed by atoms with Crippen molar-refractivity contribution in [2.24, 2.45) is 5.10 Å². The van der Waals surface area contributed by atoms with Crippen LogP contribution in [-0.4, -0.2) is 42.1 Å². The number of carbonyl (C=O) groups excluding carboxylic acids is 1. The van der Waals surface area contributed by atoms with Gasteiger partial charge in [0.05, 0.1) is 11.1 Å². The zero-order valence-corrected chi connectivity index (χ0v) is 13.3. The van der Waals surface area contributed by atoms with Crippen LogP contribution in [0.25, 0.3) is 0 Å². The van der Waals surface area contributed by atoms with Crippen molar-refractivity contribution in [1.29, 1.82) is 0 Å². The predicted molar refractivity (Wildman–Crippen MR) is 86.0 cm³/mol. The average molecular weight is 350 g/mol. The lowest BCUT2D eigenvalue weighted by Gasteiger charge is -2.04. The molecule has 24 heavy (non-hydrogen) atoms. The third kappa shape index (κ3) is 3.82. The molecule has 0 aliphatic carbocycles. The standard InChI is InChI=1S/C15H14N2O6S/c1-24(22,23)11-5-2-9(3-6-11)15(21)17-16-8-10-4-7-12(18)14(20)13(10)19/h2-8,18-20H,1H3,(H,17,21)/b16-8+. The molecule has 9 heteroatoms. The predicted octanol–water partition coefficient (Wildman–Crippen LogP) is 0.971. The normalized spacial score (nSPS) is 11.5. The average Bonchev–Trinajstić information content (AvgIpc) is 2.54. The Labute approximate surface area is 137 Å². The Morgan fingerprint density at radius 1 is 1.04 bits per heavy atom. The summed E-state index contributed by atoms with van der Waals surface area (Å²) in [5.74, 6) is -2.35. The third-order valence-electron chi connectivity index (χ3n) is 3.08. The first-order valence-electron chi connectivity index (χ1n) is 6.57. The lowest BCUT2D eigenvalue weighted by Crippen LogP contribution is -2.17. The summed E-state index contributed by atoms with van der Waals surface area (Å²) < 4.78 is 22.7. The number of nitrogens with one attached hydrogen (secondary N) is 1. The molecule has 126 valence electrons. The van der Waals surface area contributed by atoms with Gasteiger partial charge in [-0.2, -0.15) is 5.10 Å². The van der Waals surface area contributed by atoms with Crippen molar-refractivity contribution in [2.75, 3.05) is 6.26 Å². The summed E-state index contributed by atoms with van der Waals surface area (Å²) in [7, 11) is -3.34. The van der Waals surface area contributed by atoms with E-state index in [1.54, 1.807) is 0 Å². The van der Waals surface area contributed by atoms with E-state index < -0.39 is 33.0 Å². The van der Waals surface area contributed by atoms with E-state index >= 15 is 0 Å². The van der Waals surface area contributed by atoms with Crippen molar-refractivity contribution in [2.45, 2.75) is 4.90 Å². The Morgan fingerprint density at radius 2 is 1.67 bits per heavy atom. The van der Waals surface area contributed by atoms with Gasteiger partial charge in [0.2, 0.25) is 5.75 Å². The number of hydrogen-bond acceptors (Lipinski definition) is 7. The molecule has 8 nitrogen and oxygen atoms in total. The third-order valence-corrected chi connectivity index (χ3v) is 4.20. The molecule has 0 aliphatic heterocycles. The molecule has 4 N–H and O–H groups in total. The Bertz CT molecular complexity index is 904. The highest BCUT2D eigenvalue weighted by Crippen LogP contribution is 2.36. The van der Waals surface area contributed by atoms with Crippen molar-refractivity contribution in [3.05, 3.63) is 47.5 Å². The second-order valence-electron chi connectivity index (χ2n) is 4.87. The highest BCUT2D eigenvalue weighted by Gasteiger charge is 2.11. The van der Waals surface area contributed by atoms with Gasteiger partial charge in [-0.05, 0) is 36.4 Å². The van der Waals surface area contributed by atoms with E-state index in [9.17, 15) is 28.5 Å². The summed E-state index contributed by atoms with van der Waals surface area (Å²) >= 11 is 0. The summed E-state index contributed by atoms with van der Waals surface area (Å²) in [5.41, 5.74) is 2.47. The molecular formula is C15H14N2O6S. The second-order valence-corrected chi connectivity index (χ2v) is 6.88. The van der Waals surface area contributed by atoms with E-state index in [1.807, 2.05) is 0 Å². The van der Waals surface area contributed by atoms with E-state index in [-0.39, 0.29) is 16.0 Å². The van der Waals surface area contributed by atoms with Crippen LogP contribution in [0.15, 0.2) is 46.4 Å². The minimum atomic E-state index is -3.34. The van der Waals surface area contributed by atoms with Gasteiger partial charge in [-0.15, -0.1) is 0 Å². The number of phenolic OH excluding ortho intramolecular Hbond substituents is 3. The van der Waals surface area contributed by atoms with Gasteiger partial charge in [-0.1, -0.05) is 0 Å². The van der Waals surface area contributed by atoms with Crippen LogP contribution in [0.2, 0.25) is 0 Å². The number of rotatable bonds is 4. The minimum absolute atomic E-state index is 0.0815.